The van der Waals surface area contributed by atoms with Crippen LogP contribution in [0.25, 0.3) is 0 Å². The van der Waals surface area contributed by atoms with Gasteiger partial charge in [0.1, 0.15) is 0 Å². The predicted octanol–water partition coefficient (Wildman–Crippen LogP) is 1.54. The monoisotopic (exact) mass is 240 g/mol. The molecule has 2 aliphatic rings. The van der Waals surface area contributed by atoms with Gasteiger partial charge in [0.15, 0.2) is 0 Å². The number of aliphatic hydroxyl groups is 1. The van der Waals surface area contributed by atoms with Crippen LogP contribution in [-0.4, -0.2) is 53.7 Å². The van der Waals surface area contributed by atoms with E-state index in [0.29, 0.717) is 11.8 Å². The standard InChI is InChI=1S/C13H24N2O2/c1-11-3-2-6-14(9-11)13(17)15-7-4-12(10-15)5-8-16/h11-12,16H,2-10H2,1H3. The summed E-state index contributed by atoms with van der Waals surface area (Å²) in [5.41, 5.74) is 0. The van der Waals surface area contributed by atoms with E-state index in [1.165, 1.54) is 6.42 Å². The molecular weight excluding hydrogens is 216 g/mol. The van der Waals surface area contributed by atoms with Crippen LogP contribution in [0.5, 0.6) is 0 Å². The Bertz CT molecular complexity index is 270. The van der Waals surface area contributed by atoms with E-state index in [9.17, 15) is 4.79 Å². The first kappa shape index (κ1) is 12.7. The second-order valence-electron chi connectivity index (χ2n) is 5.59. The number of aliphatic hydroxyl groups excluding tert-OH is 1. The number of nitrogens with zero attached hydrogens (tertiary/aromatic N) is 2. The Balaban J connectivity index is 1.83. The Kier molecular flexibility index (Phi) is 4.26. The fraction of sp³-hybridized carbons (Fsp3) is 0.923. The normalized spacial score (nSPS) is 29.8. The molecule has 2 aliphatic heterocycles. The summed E-state index contributed by atoms with van der Waals surface area (Å²) in [6, 6.07) is 0.219. The Morgan fingerprint density at radius 3 is 2.71 bits per heavy atom. The van der Waals surface area contributed by atoms with Gasteiger partial charge in [-0.05, 0) is 37.5 Å². The Hall–Kier alpha value is -0.770. The molecule has 2 unspecified atom stereocenters. The minimum Gasteiger partial charge on any atom is -0.396 e. The van der Waals surface area contributed by atoms with E-state index in [1.54, 1.807) is 0 Å². The molecule has 0 radical (unpaired) electrons. The number of urea groups is 1. The third-order valence-corrected chi connectivity index (χ3v) is 4.02. The van der Waals surface area contributed by atoms with E-state index in [0.717, 1.165) is 45.4 Å². The van der Waals surface area contributed by atoms with Gasteiger partial charge in [-0.3, -0.25) is 0 Å². The van der Waals surface area contributed by atoms with Gasteiger partial charge in [-0.25, -0.2) is 4.79 Å². The topological polar surface area (TPSA) is 43.8 Å². The van der Waals surface area contributed by atoms with Crippen LogP contribution in [0.15, 0.2) is 0 Å². The Labute approximate surface area is 104 Å². The summed E-state index contributed by atoms with van der Waals surface area (Å²) >= 11 is 0. The Morgan fingerprint density at radius 2 is 2.00 bits per heavy atom. The molecule has 0 aliphatic carbocycles. The van der Waals surface area contributed by atoms with E-state index in [-0.39, 0.29) is 12.6 Å². The first-order chi connectivity index (χ1) is 8.20. The maximum absolute atomic E-state index is 12.3. The third kappa shape index (κ3) is 3.12. The van der Waals surface area contributed by atoms with Crippen molar-refractivity contribution in [2.24, 2.45) is 11.8 Å². The van der Waals surface area contributed by atoms with Crippen molar-refractivity contribution in [1.29, 1.82) is 0 Å². The molecule has 0 aromatic rings. The minimum absolute atomic E-state index is 0.219. The lowest BCUT2D eigenvalue weighted by Crippen LogP contribution is -2.46. The first-order valence-electron chi connectivity index (χ1n) is 6.85. The number of rotatable bonds is 2. The van der Waals surface area contributed by atoms with Crippen molar-refractivity contribution < 1.29 is 9.90 Å². The fourth-order valence-electron chi connectivity index (χ4n) is 2.99. The van der Waals surface area contributed by atoms with Gasteiger partial charge in [-0.1, -0.05) is 6.92 Å². The van der Waals surface area contributed by atoms with E-state index < -0.39 is 0 Å². The SMILES string of the molecule is CC1CCCN(C(=O)N2CCC(CCO)C2)C1. The van der Waals surface area contributed by atoms with Crippen molar-refractivity contribution in [3.05, 3.63) is 0 Å². The van der Waals surface area contributed by atoms with Crippen molar-refractivity contribution in [2.75, 3.05) is 32.8 Å². The molecule has 17 heavy (non-hydrogen) atoms. The number of piperidine rings is 1. The van der Waals surface area contributed by atoms with Gasteiger partial charge in [0.05, 0.1) is 0 Å². The maximum atomic E-state index is 12.3. The maximum Gasteiger partial charge on any atom is 0.320 e. The molecule has 2 amide bonds. The van der Waals surface area contributed by atoms with Crippen molar-refractivity contribution in [3.63, 3.8) is 0 Å². The molecule has 2 heterocycles. The number of likely N-dealkylation sites (tertiary alicyclic amines) is 2. The van der Waals surface area contributed by atoms with Crippen LogP contribution < -0.4 is 0 Å². The molecule has 0 aromatic carbocycles. The molecule has 0 bridgehead atoms. The molecule has 4 heteroatoms. The van der Waals surface area contributed by atoms with Crippen LogP contribution >= 0.6 is 0 Å². The molecule has 0 saturated carbocycles. The quantitative estimate of drug-likeness (QED) is 0.795. The summed E-state index contributed by atoms with van der Waals surface area (Å²) in [5.74, 6) is 1.15. The van der Waals surface area contributed by atoms with Crippen molar-refractivity contribution >= 4 is 6.03 Å². The van der Waals surface area contributed by atoms with Crippen LogP contribution in [0.3, 0.4) is 0 Å². The number of carbonyl (C=O) groups is 1. The van der Waals surface area contributed by atoms with Gasteiger partial charge < -0.3 is 14.9 Å². The summed E-state index contributed by atoms with van der Waals surface area (Å²) in [4.78, 5) is 16.3. The van der Waals surface area contributed by atoms with Gasteiger partial charge in [0, 0.05) is 32.8 Å². The average molecular weight is 240 g/mol. The van der Waals surface area contributed by atoms with E-state index >= 15 is 0 Å². The van der Waals surface area contributed by atoms with E-state index in [4.69, 9.17) is 5.11 Å². The van der Waals surface area contributed by atoms with Gasteiger partial charge in [-0.2, -0.15) is 0 Å². The summed E-state index contributed by atoms with van der Waals surface area (Å²) in [6.45, 7) is 6.01. The van der Waals surface area contributed by atoms with Crippen LogP contribution in [0.1, 0.15) is 32.6 Å². The average Bonchev–Trinajstić information content (AvgIpc) is 2.77. The molecular formula is C13H24N2O2. The minimum atomic E-state index is 0.219. The largest absolute Gasteiger partial charge is 0.396 e. The zero-order valence-electron chi connectivity index (χ0n) is 10.8. The van der Waals surface area contributed by atoms with E-state index in [1.807, 2.05) is 9.80 Å². The smallest absolute Gasteiger partial charge is 0.320 e. The lowest BCUT2D eigenvalue weighted by atomic mass is 10.0. The zero-order chi connectivity index (χ0) is 12.3. The van der Waals surface area contributed by atoms with Crippen molar-refractivity contribution in [3.8, 4) is 0 Å². The number of hydrogen-bond donors (Lipinski definition) is 1. The molecule has 2 rings (SSSR count). The summed E-state index contributed by atoms with van der Waals surface area (Å²) in [5, 5.41) is 8.92. The molecule has 4 nitrogen and oxygen atoms in total. The Morgan fingerprint density at radius 1 is 1.24 bits per heavy atom. The van der Waals surface area contributed by atoms with Crippen molar-refractivity contribution in [2.45, 2.75) is 32.6 Å². The predicted molar refractivity (Wildman–Crippen MR) is 66.7 cm³/mol. The highest BCUT2D eigenvalue weighted by Crippen LogP contribution is 2.23. The third-order valence-electron chi connectivity index (χ3n) is 4.02. The molecule has 2 atom stereocenters. The van der Waals surface area contributed by atoms with Crippen LogP contribution in [0.2, 0.25) is 0 Å². The molecule has 0 spiro atoms. The summed E-state index contributed by atoms with van der Waals surface area (Å²) < 4.78 is 0. The molecule has 2 fully saturated rings. The lowest BCUT2D eigenvalue weighted by molar-refractivity contribution is 0.137. The van der Waals surface area contributed by atoms with Crippen molar-refractivity contribution in [1.82, 2.24) is 9.80 Å². The summed E-state index contributed by atoms with van der Waals surface area (Å²) in [6.07, 6.45) is 4.27. The zero-order valence-corrected chi connectivity index (χ0v) is 10.8. The highest BCUT2D eigenvalue weighted by Gasteiger charge is 2.30. The number of amides is 2. The molecule has 0 aromatic heterocycles. The highest BCUT2D eigenvalue weighted by molar-refractivity contribution is 5.74. The number of carbonyl (C=O) groups excluding carboxylic acids is 1. The van der Waals surface area contributed by atoms with Crippen LogP contribution in [0, 0.1) is 11.8 Å². The second-order valence-corrected chi connectivity index (χ2v) is 5.59. The first-order valence-corrected chi connectivity index (χ1v) is 6.85. The van der Waals surface area contributed by atoms with Gasteiger partial charge in [0.25, 0.3) is 0 Å². The number of hydrogen-bond acceptors (Lipinski definition) is 2. The van der Waals surface area contributed by atoms with Crippen LogP contribution in [-0.2, 0) is 0 Å². The molecule has 1 N–H and O–H groups in total. The lowest BCUT2D eigenvalue weighted by Gasteiger charge is -2.34. The summed E-state index contributed by atoms with van der Waals surface area (Å²) in [7, 11) is 0. The molecule has 2 saturated heterocycles. The van der Waals surface area contributed by atoms with Gasteiger partial charge in [0.2, 0.25) is 0 Å². The van der Waals surface area contributed by atoms with E-state index in [2.05, 4.69) is 6.92 Å². The molecule has 98 valence electrons. The highest BCUT2D eigenvalue weighted by atomic mass is 16.3. The second kappa shape index (κ2) is 5.71. The van der Waals surface area contributed by atoms with Crippen LogP contribution in [0.4, 0.5) is 4.79 Å². The van der Waals surface area contributed by atoms with Gasteiger partial charge >= 0.3 is 6.03 Å². The van der Waals surface area contributed by atoms with Gasteiger partial charge in [-0.15, -0.1) is 0 Å². The fourth-order valence-corrected chi connectivity index (χ4v) is 2.99.